The Labute approximate surface area is 91.6 Å². The van der Waals surface area contributed by atoms with Crippen LogP contribution in [-0.4, -0.2) is 27.2 Å². The van der Waals surface area contributed by atoms with Gasteiger partial charge in [0.15, 0.2) is 0 Å². The molecular formula is C10H15FN2OS. The maximum Gasteiger partial charge on any atom is 0.141 e. The van der Waals surface area contributed by atoms with Gasteiger partial charge in [-0.3, -0.25) is 9.19 Å². The van der Waals surface area contributed by atoms with Crippen LogP contribution in [0.4, 0.5) is 4.39 Å². The van der Waals surface area contributed by atoms with Gasteiger partial charge in [0.05, 0.1) is 6.20 Å². The number of halogens is 1. The van der Waals surface area contributed by atoms with E-state index < -0.39 is 10.8 Å². The van der Waals surface area contributed by atoms with Crippen molar-refractivity contribution in [1.82, 2.24) is 10.3 Å². The van der Waals surface area contributed by atoms with Crippen molar-refractivity contribution >= 4 is 10.8 Å². The first-order chi connectivity index (χ1) is 7.09. The van der Waals surface area contributed by atoms with Crippen LogP contribution in [0.5, 0.6) is 0 Å². The molecule has 1 aromatic rings. The highest BCUT2D eigenvalue weighted by Gasteiger charge is 2.05. The molecule has 0 amide bonds. The summed E-state index contributed by atoms with van der Waals surface area (Å²) < 4.78 is 23.8. The standard InChI is InChI=1S/C10H15FN2OS/c1-8(15(2)14)4-12-5-9-3-10(11)7-13-6-9/h3,6-8,12H,4-5H2,1-2H3. The summed E-state index contributed by atoms with van der Waals surface area (Å²) in [6.45, 7) is 3.11. The zero-order chi connectivity index (χ0) is 11.3. The predicted molar refractivity (Wildman–Crippen MR) is 59.4 cm³/mol. The van der Waals surface area contributed by atoms with Crippen molar-refractivity contribution in [2.75, 3.05) is 12.8 Å². The molecule has 2 unspecified atom stereocenters. The van der Waals surface area contributed by atoms with Crippen LogP contribution in [0.15, 0.2) is 18.5 Å². The molecule has 0 aliphatic carbocycles. The Morgan fingerprint density at radius 1 is 1.60 bits per heavy atom. The van der Waals surface area contributed by atoms with Crippen LogP contribution >= 0.6 is 0 Å². The average molecular weight is 230 g/mol. The minimum absolute atomic E-state index is 0.103. The fourth-order valence-electron chi connectivity index (χ4n) is 1.09. The fraction of sp³-hybridized carbons (Fsp3) is 0.500. The fourth-order valence-corrected chi connectivity index (χ4v) is 1.44. The topological polar surface area (TPSA) is 42.0 Å². The van der Waals surface area contributed by atoms with Crippen molar-refractivity contribution < 1.29 is 8.60 Å². The van der Waals surface area contributed by atoms with Crippen LogP contribution in [0.2, 0.25) is 0 Å². The smallest absolute Gasteiger partial charge is 0.141 e. The van der Waals surface area contributed by atoms with Crippen molar-refractivity contribution in [3.63, 3.8) is 0 Å². The van der Waals surface area contributed by atoms with E-state index in [-0.39, 0.29) is 11.1 Å². The first-order valence-corrected chi connectivity index (χ1v) is 6.34. The molecule has 0 saturated heterocycles. The SMILES string of the molecule is CC(CNCc1cncc(F)c1)S(C)=O. The lowest BCUT2D eigenvalue weighted by Gasteiger charge is -2.09. The Balaban J connectivity index is 2.35. The van der Waals surface area contributed by atoms with E-state index in [2.05, 4.69) is 10.3 Å². The molecule has 84 valence electrons. The number of aromatic nitrogens is 1. The molecule has 1 aromatic heterocycles. The van der Waals surface area contributed by atoms with Gasteiger partial charge >= 0.3 is 0 Å². The Morgan fingerprint density at radius 2 is 2.33 bits per heavy atom. The van der Waals surface area contributed by atoms with Gasteiger partial charge < -0.3 is 5.32 Å². The number of nitrogens with zero attached hydrogens (tertiary/aromatic N) is 1. The zero-order valence-corrected chi connectivity index (χ0v) is 9.68. The largest absolute Gasteiger partial charge is 0.311 e. The van der Waals surface area contributed by atoms with Crippen LogP contribution in [0.3, 0.4) is 0 Å². The number of hydrogen-bond acceptors (Lipinski definition) is 3. The van der Waals surface area contributed by atoms with E-state index in [1.165, 1.54) is 12.3 Å². The van der Waals surface area contributed by atoms with Gasteiger partial charge in [0.2, 0.25) is 0 Å². The highest BCUT2D eigenvalue weighted by atomic mass is 32.2. The Bertz CT molecular complexity index is 346. The second-order valence-electron chi connectivity index (χ2n) is 3.45. The Kier molecular flexibility index (Phi) is 4.84. The number of pyridine rings is 1. The molecule has 1 heterocycles. The summed E-state index contributed by atoms with van der Waals surface area (Å²) in [5.74, 6) is -0.332. The third kappa shape index (κ3) is 4.48. The summed E-state index contributed by atoms with van der Waals surface area (Å²) >= 11 is 0. The lowest BCUT2D eigenvalue weighted by molar-refractivity contribution is 0.610. The summed E-state index contributed by atoms with van der Waals surface area (Å²) in [6, 6.07) is 1.44. The first kappa shape index (κ1) is 12.3. The van der Waals surface area contributed by atoms with Gasteiger partial charge in [-0.1, -0.05) is 0 Å². The average Bonchev–Trinajstić information content (AvgIpc) is 2.17. The molecule has 0 bridgehead atoms. The van der Waals surface area contributed by atoms with Crippen LogP contribution in [0.25, 0.3) is 0 Å². The third-order valence-electron chi connectivity index (χ3n) is 2.09. The number of hydrogen-bond donors (Lipinski definition) is 1. The zero-order valence-electron chi connectivity index (χ0n) is 8.87. The van der Waals surface area contributed by atoms with Crippen molar-refractivity contribution in [3.8, 4) is 0 Å². The molecule has 3 nitrogen and oxygen atoms in total. The van der Waals surface area contributed by atoms with E-state index in [1.54, 1.807) is 12.5 Å². The molecule has 0 saturated carbocycles. The van der Waals surface area contributed by atoms with Crippen LogP contribution in [-0.2, 0) is 17.3 Å². The van der Waals surface area contributed by atoms with Gasteiger partial charge in [-0.05, 0) is 18.6 Å². The van der Waals surface area contributed by atoms with Crippen LogP contribution in [0, 0.1) is 5.82 Å². The third-order valence-corrected chi connectivity index (χ3v) is 3.39. The van der Waals surface area contributed by atoms with Gasteiger partial charge in [-0.15, -0.1) is 0 Å². The summed E-state index contributed by atoms with van der Waals surface area (Å²) in [5.41, 5.74) is 0.795. The van der Waals surface area contributed by atoms with E-state index in [4.69, 9.17) is 0 Å². The van der Waals surface area contributed by atoms with Gasteiger partial charge in [0.25, 0.3) is 0 Å². The van der Waals surface area contributed by atoms with Crippen molar-refractivity contribution in [2.45, 2.75) is 18.7 Å². The molecule has 0 aromatic carbocycles. The molecule has 0 aliphatic heterocycles. The molecule has 5 heteroatoms. The first-order valence-electron chi connectivity index (χ1n) is 4.72. The van der Waals surface area contributed by atoms with Gasteiger partial charge in [0.1, 0.15) is 5.82 Å². The summed E-state index contributed by atoms with van der Waals surface area (Å²) in [4.78, 5) is 3.74. The second kappa shape index (κ2) is 5.92. The summed E-state index contributed by atoms with van der Waals surface area (Å²) in [7, 11) is -0.825. The van der Waals surface area contributed by atoms with E-state index in [9.17, 15) is 8.60 Å². The lowest BCUT2D eigenvalue weighted by atomic mass is 10.3. The van der Waals surface area contributed by atoms with E-state index >= 15 is 0 Å². The maximum atomic E-state index is 12.7. The molecule has 0 radical (unpaired) electrons. The predicted octanol–water partition coefficient (Wildman–Crippen LogP) is 1.08. The molecule has 0 spiro atoms. The molecule has 2 atom stereocenters. The van der Waals surface area contributed by atoms with Crippen LogP contribution < -0.4 is 5.32 Å². The number of rotatable bonds is 5. The lowest BCUT2D eigenvalue weighted by Crippen LogP contribution is -2.27. The minimum atomic E-state index is -0.825. The van der Waals surface area contributed by atoms with Gasteiger partial charge in [-0.2, -0.15) is 0 Å². The van der Waals surface area contributed by atoms with Crippen molar-refractivity contribution in [3.05, 3.63) is 29.8 Å². The molecule has 15 heavy (non-hydrogen) atoms. The van der Waals surface area contributed by atoms with E-state index in [1.807, 2.05) is 6.92 Å². The van der Waals surface area contributed by atoms with Gasteiger partial charge in [0, 0.05) is 41.6 Å². The molecule has 1 rings (SSSR count). The molecule has 1 N–H and O–H groups in total. The van der Waals surface area contributed by atoms with Crippen LogP contribution in [0.1, 0.15) is 12.5 Å². The summed E-state index contributed by atoms with van der Waals surface area (Å²) in [5, 5.41) is 3.21. The minimum Gasteiger partial charge on any atom is -0.311 e. The Morgan fingerprint density at radius 3 is 2.93 bits per heavy atom. The summed E-state index contributed by atoms with van der Waals surface area (Å²) in [6.07, 6.45) is 4.47. The van der Waals surface area contributed by atoms with Gasteiger partial charge in [-0.25, -0.2) is 4.39 Å². The molecule has 0 fully saturated rings. The highest BCUT2D eigenvalue weighted by molar-refractivity contribution is 7.84. The monoisotopic (exact) mass is 230 g/mol. The van der Waals surface area contributed by atoms with Crippen molar-refractivity contribution in [2.24, 2.45) is 0 Å². The maximum absolute atomic E-state index is 12.7. The highest BCUT2D eigenvalue weighted by Crippen LogP contribution is 2.00. The number of nitrogens with one attached hydrogen (secondary N) is 1. The molecular weight excluding hydrogens is 215 g/mol. The quantitative estimate of drug-likeness (QED) is 0.823. The van der Waals surface area contributed by atoms with Crippen molar-refractivity contribution in [1.29, 1.82) is 0 Å². The van der Waals surface area contributed by atoms with E-state index in [0.29, 0.717) is 13.1 Å². The Hall–Kier alpha value is -0.810. The second-order valence-corrected chi connectivity index (χ2v) is 5.25. The van der Waals surface area contributed by atoms with E-state index in [0.717, 1.165) is 5.56 Å². The molecule has 0 aliphatic rings. The normalized spacial score (nSPS) is 14.9.